The monoisotopic (exact) mass is 262 g/mol. The number of hydrogen-bond donors (Lipinski definition) is 2. The summed E-state index contributed by atoms with van der Waals surface area (Å²) < 4.78 is 0. The number of phenolic OH excluding ortho intramolecular Hbond substituents is 1. The Morgan fingerprint density at radius 3 is 2.58 bits per heavy atom. The van der Waals surface area contributed by atoms with Crippen LogP contribution in [-0.2, 0) is 6.54 Å². The summed E-state index contributed by atoms with van der Waals surface area (Å²) in [5, 5.41) is 13.3. The van der Waals surface area contributed by atoms with Crippen molar-refractivity contribution in [3.05, 3.63) is 28.8 Å². The van der Waals surface area contributed by atoms with Crippen LogP contribution in [0.5, 0.6) is 5.75 Å². The Hall–Kier alpha value is -1.06. The van der Waals surface area contributed by atoms with Gasteiger partial charge in [0, 0.05) is 12.6 Å². The van der Waals surface area contributed by atoms with Gasteiger partial charge < -0.3 is 10.4 Å². The molecule has 0 spiro atoms. The number of phenols is 1. The second-order valence-corrected chi connectivity index (χ2v) is 5.83. The molecule has 1 saturated heterocycles. The maximum absolute atomic E-state index is 9.83. The van der Waals surface area contributed by atoms with Gasteiger partial charge in [-0.05, 0) is 69.9 Å². The van der Waals surface area contributed by atoms with Gasteiger partial charge in [0.15, 0.2) is 0 Å². The Labute approximate surface area is 116 Å². The highest BCUT2D eigenvalue weighted by Gasteiger charge is 2.17. The molecule has 0 bridgehead atoms. The van der Waals surface area contributed by atoms with Crippen LogP contribution in [0.25, 0.3) is 0 Å². The predicted octanol–water partition coefficient (Wildman–Crippen LogP) is 2.58. The van der Waals surface area contributed by atoms with E-state index in [0.29, 0.717) is 11.8 Å². The first kappa shape index (κ1) is 14.4. The SMILES string of the molecule is Cc1cc(CN(C)C2CCCNCC2)cc(C)c1O. The van der Waals surface area contributed by atoms with E-state index in [4.69, 9.17) is 0 Å². The van der Waals surface area contributed by atoms with Crippen molar-refractivity contribution in [3.63, 3.8) is 0 Å². The average Bonchev–Trinajstić information content (AvgIpc) is 2.64. The summed E-state index contributed by atoms with van der Waals surface area (Å²) in [4.78, 5) is 2.46. The zero-order valence-corrected chi connectivity index (χ0v) is 12.4. The number of aryl methyl sites for hydroxylation is 2. The molecule has 19 heavy (non-hydrogen) atoms. The third-order valence-corrected chi connectivity index (χ3v) is 4.15. The van der Waals surface area contributed by atoms with Crippen LogP contribution in [0.4, 0.5) is 0 Å². The molecule has 0 radical (unpaired) electrons. The van der Waals surface area contributed by atoms with Gasteiger partial charge in [-0.15, -0.1) is 0 Å². The fraction of sp³-hybridized carbons (Fsp3) is 0.625. The zero-order chi connectivity index (χ0) is 13.8. The molecular formula is C16H26N2O. The van der Waals surface area contributed by atoms with Crippen molar-refractivity contribution in [1.29, 1.82) is 0 Å². The Balaban J connectivity index is 2.03. The quantitative estimate of drug-likeness (QED) is 0.879. The van der Waals surface area contributed by atoms with E-state index >= 15 is 0 Å². The van der Waals surface area contributed by atoms with Crippen LogP contribution < -0.4 is 5.32 Å². The lowest BCUT2D eigenvalue weighted by Crippen LogP contribution is -2.32. The van der Waals surface area contributed by atoms with E-state index in [0.717, 1.165) is 30.8 Å². The number of nitrogens with zero attached hydrogens (tertiary/aromatic N) is 1. The molecule has 2 rings (SSSR count). The van der Waals surface area contributed by atoms with Crippen molar-refractivity contribution in [2.75, 3.05) is 20.1 Å². The molecule has 1 heterocycles. The molecule has 1 aliphatic heterocycles. The summed E-state index contributed by atoms with van der Waals surface area (Å²) in [5.74, 6) is 0.435. The van der Waals surface area contributed by atoms with Gasteiger partial charge in [0.25, 0.3) is 0 Å². The Bertz CT molecular complexity index is 400. The number of hydrogen-bond acceptors (Lipinski definition) is 3. The van der Waals surface area contributed by atoms with Gasteiger partial charge in [-0.1, -0.05) is 12.1 Å². The number of aromatic hydroxyl groups is 1. The van der Waals surface area contributed by atoms with Crippen molar-refractivity contribution in [2.45, 2.75) is 45.7 Å². The Morgan fingerprint density at radius 1 is 1.21 bits per heavy atom. The molecular weight excluding hydrogens is 236 g/mol. The molecule has 1 unspecified atom stereocenters. The molecule has 1 atom stereocenters. The fourth-order valence-electron chi connectivity index (χ4n) is 3.00. The minimum absolute atomic E-state index is 0.435. The van der Waals surface area contributed by atoms with Crippen LogP contribution >= 0.6 is 0 Å². The Morgan fingerprint density at radius 2 is 1.89 bits per heavy atom. The molecule has 2 N–H and O–H groups in total. The van der Waals surface area contributed by atoms with E-state index in [1.54, 1.807) is 0 Å². The summed E-state index contributed by atoms with van der Waals surface area (Å²) in [5.41, 5.74) is 3.25. The Kier molecular flexibility index (Phi) is 4.83. The molecule has 0 aliphatic carbocycles. The first-order valence-electron chi connectivity index (χ1n) is 7.28. The van der Waals surface area contributed by atoms with Crippen LogP contribution in [-0.4, -0.2) is 36.2 Å². The minimum Gasteiger partial charge on any atom is -0.507 e. The van der Waals surface area contributed by atoms with Gasteiger partial charge in [-0.2, -0.15) is 0 Å². The van der Waals surface area contributed by atoms with Crippen LogP contribution in [0.2, 0.25) is 0 Å². The molecule has 1 aliphatic rings. The van der Waals surface area contributed by atoms with E-state index < -0.39 is 0 Å². The van der Waals surface area contributed by atoms with Crippen molar-refractivity contribution in [3.8, 4) is 5.75 Å². The summed E-state index contributed by atoms with van der Waals surface area (Å²) in [6, 6.07) is 4.88. The smallest absolute Gasteiger partial charge is 0.121 e. The lowest BCUT2D eigenvalue weighted by molar-refractivity contribution is 0.216. The van der Waals surface area contributed by atoms with Crippen molar-refractivity contribution in [2.24, 2.45) is 0 Å². The van der Waals surface area contributed by atoms with Crippen molar-refractivity contribution in [1.82, 2.24) is 10.2 Å². The molecule has 1 aromatic rings. The highest BCUT2D eigenvalue weighted by Crippen LogP contribution is 2.24. The van der Waals surface area contributed by atoms with E-state index in [9.17, 15) is 5.11 Å². The molecule has 1 aromatic carbocycles. The average molecular weight is 262 g/mol. The predicted molar refractivity (Wildman–Crippen MR) is 79.6 cm³/mol. The fourth-order valence-corrected chi connectivity index (χ4v) is 3.00. The van der Waals surface area contributed by atoms with E-state index in [-0.39, 0.29) is 0 Å². The normalized spacial score (nSPS) is 20.5. The molecule has 106 valence electrons. The third kappa shape index (κ3) is 3.71. The maximum Gasteiger partial charge on any atom is 0.121 e. The highest BCUT2D eigenvalue weighted by atomic mass is 16.3. The number of benzene rings is 1. The highest BCUT2D eigenvalue weighted by molar-refractivity contribution is 5.42. The molecule has 0 aromatic heterocycles. The summed E-state index contributed by atoms with van der Waals surface area (Å²) in [6.07, 6.45) is 3.77. The second-order valence-electron chi connectivity index (χ2n) is 5.83. The van der Waals surface area contributed by atoms with Crippen LogP contribution in [0.1, 0.15) is 36.0 Å². The molecule has 1 fully saturated rings. The van der Waals surface area contributed by atoms with Gasteiger partial charge in [0.1, 0.15) is 5.75 Å². The maximum atomic E-state index is 9.83. The standard InChI is InChI=1S/C16H26N2O/c1-12-9-14(10-13(2)16(12)19)11-18(3)15-5-4-7-17-8-6-15/h9-10,15,17,19H,4-8,11H2,1-3H3. The third-order valence-electron chi connectivity index (χ3n) is 4.15. The van der Waals surface area contributed by atoms with Gasteiger partial charge in [-0.25, -0.2) is 0 Å². The minimum atomic E-state index is 0.435. The molecule has 3 heteroatoms. The summed E-state index contributed by atoms with van der Waals surface area (Å²) in [6.45, 7) is 7.19. The first-order chi connectivity index (χ1) is 9.08. The van der Waals surface area contributed by atoms with Crippen LogP contribution in [0, 0.1) is 13.8 Å². The van der Waals surface area contributed by atoms with Crippen molar-refractivity contribution >= 4 is 0 Å². The molecule has 0 saturated carbocycles. The molecule has 0 amide bonds. The lowest BCUT2D eigenvalue weighted by atomic mass is 10.0. The van der Waals surface area contributed by atoms with Crippen LogP contribution in [0.3, 0.4) is 0 Å². The lowest BCUT2D eigenvalue weighted by Gasteiger charge is -2.27. The van der Waals surface area contributed by atoms with Gasteiger partial charge in [0.2, 0.25) is 0 Å². The largest absolute Gasteiger partial charge is 0.507 e. The van der Waals surface area contributed by atoms with E-state index in [1.807, 2.05) is 13.8 Å². The summed E-state index contributed by atoms with van der Waals surface area (Å²) in [7, 11) is 2.22. The second kappa shape index (κ2) is 6.40. The van der Waals surface area contributed by atoms with E-state index in [1.165, 1.54) is 24.8 Å². The summed E-state index contributed by atoms with van der Waals surface area (Å²) >= 11 is 0. The van der Waals surface area contributed by atoms with Crippen molar-refractivity contribution < 1.29 is 5.11 Å². The molecule has 3 nitrogen and oxygen atoms in total. The zero-order valence-electron chi connectivity index (χ0n) is 12.4. The van der Waals surface area contributed by atoms with Crippen LogP contribution in [0.15, 0.2) is 12.1 Å². The number of rotatable bonds is 3. The van der Waals surface area contributed by atoms with Gasteiger partial charge in [0.05, 0.1) is 0 Å². The topological polar surface area (TPSA) is 35.5 Å². The first-order valence-corrected chi connectivity index (χ1v) is 7.28. The van der Waals surface area contributed by atoms with Gasteiger partial charge in [-0.3, -0.25) is 4.90 Å². The van der Waals surface area contributed by atoms with E-state index in [2.05, 4.69) is 29.4 Å². The number of nitrogens with one attached hydrogen (secondary N) is 1. The van der Waals surface area contributed by atoms with Gasteiger partial charge >= 0.3 is 0 Å².